The summed E-state index contributed by atoms with van der Waals surface area (Å²) in [7, 11) is 0. The molecule has 36 heavy (non-hydrogen) atoms. The van der Waals surface area contributed by atoms with E-state index in [4.69, 9.17) is 10.5 Å². The van der Waals surface area contributed by atoms with E-state index in [2.05, 4.69) is 29.4 Å². The third kappa shape index (κ3) is 6.71. The van der Waals surface area contributed by atoms with Gasteiger partial charge in [-0.3, -0.25) is 4.98 Å². The number of nitrogens with one attached hydrogen (secondary N) is 1. The van der Waals surface area contributed by atoms with E-state index in [9.17, 15) is 13.6 Å². The quantitative estimate of drug-likeness (QED) is 0.308. The Labute approximate surface area is 209 Å². The Balaban J connectivity index is 1.49. The van der Waals surface area contributed by atoms with Gasteiger partial charge >= 0.3 is 5.97 Å². The number of ether oxygens (including phenoxy) is 1. The van der Waals surface area contributed by atoms with Crippen LogP contribution in [0.5, 0.6) is 0 Å². The van der Waals surface area contributed by atoms with Crippen molar-refractivity contribution in [2.45, 2.75) is 38.5 Å². The molecule has 0 bridgehead atoms. The van der Waals surface area contributed by atoms with Crippen LogP contribution < -0.4 is 11.1 Å². The lowest BCUT2D eigenvalue weighted by atomic mass is 10.0. The molecule has 0 aliphatic rings. The van der Waals surface area contributed by atoms with Crippen molar-refractivity contribution in [3.63, 3.8) is 0 Å². The van der Waals surface area contributed by atoms with Gasteiger partial charge in [0.2, 0.25) is 0 Å². The number of hydrogen-bond acceptors (Lipinski definition) is 5. The highest BCUT2D eigenvalue weighted by atomic mass is 19.1. The predicted octanol–water partition coefficient (Wildman–Crippen LogP) is 4.96. The fourth-order valence-corrected chi connectivity index (χ4v) is 4.14. The maximum Gasteiger partial charge on any atom is 0.338 e. The van der Waals surface area contributed by atoms with Gasteiger partial charge in [-0.25, -0.2) is 13.6 Å². The summed E-state index contributed by atoms with van der Waals surface area (Å²) in [6.07, 6.45) is 2.03. The first kappa shape index (κ1) is 25.4. The third-order valence-electron chi connectivity index (χ3n) is 6.04. The molecule has 0 saturated heterocycles. The van der Waals surface area contributed by atoms with Gasteiger partial charge < -0.3 is 15.8 Å². The second kappa shape index (κ2) is 11.8. The Bertz CT molecular complexity index is 1320. The number of fused-ring (bicyclic) bond motifs is 1. The molecule has 0 amide bonds. The van der Waals surface area contributed by atoms with Crippen LogP contribution in [-0.4, -0.2) is 29.6 Å². The van der Waals surface area contributed by atoms with E-state index in [1.165, 1.54) is 17.7 Å². The Morgan fingerprint density at radius 1 is 0.972 bits per heavy atom. The molecule has 3 N–H and O–H groups in total. The van der Waals surface area contributed by atoms with Gasteiger partial charge in [0.05, 0.1) is 11.1 Å². The third-order valence-corrected chi connectivity index (χ3v) is 6.04. The summed E-state index contributed by atoms with van der Waals surface area (Å²) < 4.78 is 33.2. The minimum atomic E-state index is -0.734. The second-order valence-electron chi connectivity index (χ2n) is 8.80. The van der Waals surface area contributed by atoms with Crippen molar-refractivity contribution in [1.29, 1.82) is 0 Å². The van der Waals surface area contributed by atoms with Crippen LogP contribution >= 0.6 is 0 Å². The van der Waals surface area contributed by atoms with E-state index in [-0.39, 0.29) is 13.0 Å². The van der Waals surface area contributed by atoms with Gasteiger partial charge in [-0.2, -0.15) is 0 Å². The number of halogens is 2. The lowest BCUT2D eigenvalue weighted by molar-refractivity contribution is 0.0238. The molecule has 0 spiro atoms. The Hall–Kier alpha value is -3.68. The van der Waals surface area contributed by atoms with Crippen molar-refractivity contribution in [3.05, 3.63) is 113 Å². The van der Waals surface area contributed by atoms with Crippen LogP contribution in [0.4, 0.5) is 8.78 Å². The van der Waals surface area contributed by atoms with Crippen molar-refractivity contribution in [3.8, 4) is 0 Å². The summed E-state index contributed by atoms with van der Waals surface area (Å²) in [5.74, 6) is -1.88. The molecule has 1 aromatic heterocycles. The molecule has 5 nitrogen and oxygen atoms in total. The number of benzene rings is 3. The second-order valence-corrected chi connectivity index (χ2v) is 8.80. The molecular formula is C29H29F2N3O2. The van der Waals surface area contributed by atoms with Crippen LogP contribution in [0.15, 0.2) is 79.0 Å². The van der Waals surface area contributed by atoms with Crippen molar-refractivity contribution in [1.82, 2.24) is 10.3 Å². The largest absolute Gasteiger partial charge is 0.456 e. The number of rotatable bonds is 10. The SMILES string of the molecule is CCc1cccc(CNCC(OC(=O)c2ccc3ncccc3c2)C(N)Cc2cc(F)cc(F)c2)c1. The van der Waals surface area contributed by atoms with Gasteiger partial charge in [0.25, 0.3) is 0 Å². The van der Waals surface area contributed by atoms with E-state index < -0.39 is 29.7 Å². The summed E-state index contributed by atoms with van der Waals surface area (Å²) in [5.41, 5.74) is 10.3. The first-order valence-electron chi connectivity index (χ1n) is 12.0. The van der Waals surface area contributed by atoms with Crippen molar-refractivity contribution in [2.24, 2.45) is 5.73 Å². The number of nitrogens with two attached hydrogens (primary N) is 1. The molecule has 4 rings (SSSR count). The molecule has 0 aliphatic carbocycles. The zero-order chi connectivity index (χ0) is 25.5. The zero-order valence-corrected chi connectivity index (χ0v) is 20.1. The maximum atomic E-state index is 13.7. The molecule has 0 fully saturated rings. The highest BCUT2D eigenvalue weighted by Crippen LogP contribution is 2.17. The van der Waals surface area contributed by atoms with Crippen LogP contribution in [0.2, 0.25) is 0 Å². The first-order chi connectivity index (χ1) is 17.4. The molecule has 186 valence electrons. The minimum Gasteiger partial charge on any atom is -0.456 e. The van der Waals surface area contributed by atoms with Gasteiger partial charge in [0.15, 0.2) is 0 Å². The van der Waals surface area contributed by atoms with E-state index in [0.29, 0.717) is 17.7 Å². The summed E-state index contributed by atoms with van der Waals surface area (Å²) >= 11 is 0. The Morgan fingerprint density at radius 2 is 1.75 bits per heavy atom. The highest BCUT2D eigenvalue weighted by Gasteiger charge is 2.24. The van der Waals surface area contributed by atoms with Gasteiger partial charge in [-0.05, 0) is 65.9 Å². The Morgan fingerprint density at radius 3 is 2.53 bits per heavy atom. The van der Waals surface area contributed by atoms with Crippen LogP contribution in [0, 0.1) is 11.6 Å². The molecule has 0 saturated carbocycles. The monoisotopic (exact) mass is 489 g/mol. The van der Waals surface area contributed by atoms with Crippen LogP contribution in [0.25, 0.3) is 10.9 Å². The molecule has 3 aromatic carbocycles. The number of aryl methyl sites for hydroxylation is 1. The fraction of sp³-hybridized carbons (Fsp3) is 0.241. The highest BCUT2D eigenvalue weighted by molar-refractivity contribution is 5.94. The Kier molecular flexibility index (Phi) is 8.36. The van der Waals surface area contributed by atoms with Gasteiger partial charge in [-0.15, -0.1) is 0 Å². The summed E-state index contributed by atoms with van der Waals surface area (Å²) in [6, 6.07) is 19.6. The summed E-state index contributed by atoms with van der Waals surface area (Å²) in [4.78, 5) is 17.3. The molecule has 0 aliphatic heterocycles. The number of pyridine rings is 1. The molecule has 1 heterocycles. The number of nitrogens with zero attached hydrogens (tertiary/aromatic N) is 1. The van der Waals surface area contributed by atoms with E-state index in [0.717, 1.165) is 29.0 Å². The van der Waals surface area contributed by atoms with E-state index >= 15 is 0 Å². The lowest BCUT2D eigenvalue weighted by Crippen LogP contribution is -2.46. The summed E-state index contributed by atoms with van der Waals surface area (Å²) in [6.45, 7) is 2.93. The molecule has 0 radical (unpaired) electrons. The van der Waals surface area contributed by atoms with E-state index in [1.54, 1.807) is 30.5 Å². The van der Waals surface area contributed by atoms with Crippen molar-refractivity contribution < 1.29 is 18.3 Å². The molecule has 2 atom stereocenters. The standard InChI is InChI=1S/C29H29F2N3O2/c1-2-19-5-3-6-20(11-19)17-33-18-28(26(32)14-21-12-24(30)16-25(31)13-21)36-29(35)23-8-9-27-22(15-23)7-4-10-34-27/h3-13,15-16,26,28,33H,2,14,17-18,32H2,1H3. The number of carbonyl (C=O) groups excluding carboxylic acids is 1. The molecule has 4 aromatic rings. The first-order valence-corrected chi connectivity index (χ1v) is 12.0. The number of carbonyl (C=O) groups is 1. The lowest BCUT2D eigenvalue weighted by Gasteiger charge is -2.25. The average molecular weight is 490 g/mol. The maximum absolute atomic E-state index is 13.7. The van der Waals surface area contributed by atoms with Gasteiger partial charge in [0, 0.05) is 36.8 Å². The van der Waals surface area contributed by atoms with Crippen LogP contribution in [-0.2, 0) is 24.1 Å². The molecule has 2 unspecified atom stereocenters. The van der Waals surface area contributed by atoms with Crippen LogP contribution in [0.3, 0.4) is 0 Å². The molecular weight excluding hydrogens is 460 g/mol. The number of esters is 1. The van der Waals surface area contributed by atoms with Crippen LogP contribution in [0.1, 0.15) is 34.0 Å². The zero-order valence-electron chi connectivity index (χ0n) is 20.1. The number of hydrogen-bond donors (Lipinski definition) is 2. The van der Waals surface area contributed by atoms with Crippen molar-refractivity contribution in [2.75, 3.05) is 6.54 Å². The number of aromatic nitrogens is 1. The fourth-order valence-electron chi connectivity index (χ4n) is 4.14. The summed E-state index contributed by atoms with van der Waals surface area (Å²) in [5, 5.41) is 4.13. The normalized spacial score (nSPS) is 12.9. The van der Waals surface area contributed by atoms with E-state index in [1.807, 2.05) is 18.2 Å². The molecule has 7 heteroatoms. The minimum absolute atomic E-state index is 0.140. The topological polar surface area (TPSA) is 77.2 Å². The predicted molar refractivity (Wildman–Crippen MR) is 137 cm³/mol. The van der Waals surface area contributed by atoms with Gasteiger partial charge in [-0.1, -0.05) is 37.3 Å². The van der Waals surface area contributed by atoms with Gasteiger partial charge in [0.1, 0.15) is 17.7 Å². The smallest absolute Gasteiger partial charge is 0.338 e. The van der Waals surface area contributed by atoms with Crippen molar-refractivity contribution >= 4 is 16.9 Å². The average Bonchev–Trinajstić information content (AvgIpc) is 2.87.